The number of rotatable bonds is 2. The van der Waals surface area contributed by atoms with Crippen molar-refractivity contribution in [2.24, 2.45) is 0 Å². The summed E-state index contributed by atoms with van der Waals surface area (Å²) in [5.74, 6) is 1.17. The van der Waals surface area contributed by atoms with E-state index in [2.05, 4.69) is 10.3 Å². The van der Waals surface area contributed by atoms with Crippen molar-refractivity contribution in [1.82, 2.24) is 14.6 Å². The quantitative estimate of drug-likeness (QED) is 0.482. The number of hydroxylamine groups is 2. The number of hydrogen-bond acceptors (Lipinski definition) is 9. The highest BCUT2D eigenvalue weighted by Crippen LogP contribution is 2.52. The van der Waals surface area contributed by atoms with Crippen LogP contribution in [0.1, 0.15) is 51.5 Å². The molecule has 3 aliphatic heterocycles. The van der Waals surface area contributed by atoms with Crippen molar-refractivity contribution in [3.05, 3.63) is 39.9 Å². The Morgan fingerprint density at radius 3 is 2.52 bits per heavy atom. The lowest BCUT2D eigenvalue weighted by Gasteiger charge is -2.34. The lowest BCUT2D eigenvalue weighted by Crippen LogP contribution is -2.42. The fourth-order valence-corrected chi connectivity index (χ4v) is 4.82. The largest absolute Gasteiger partial charge is 0.450 e. The van der Waals surface area contributed by atoms with Gasteiger partial charge in [-0.05, 0) is 51.0 Å². The van der Waals surface area contributed by atoms with E-state index < -0.39 is 35.2 Å². The van der Waals surface area contributed by atoms with Crippen molar-refractivity contribution >= 4 is 11.5 Å². The molecule has 2 aromatic rings. The Morgan fingerprint density at radius 2 is 1.87 bits per heavy atom. The first-order valence-corrected chi connectivity index (χ1v) is 10.2. The van der Waals surface area contributed by atoms with Crippen LogP contribution in [0.3, 0.4) is 0 Å². The number of nitrogens with one attached hydrogen (secondary N) is 1. The van der Waals surface area contributed by atoms with Crippen LogP contribution in [0.25, 0.3) is 0 Å². The maximum absolute atomic E-state index is 12.6. The molecule has 31 heavy (non-hydrogen) atoms. The normalized spacial score (nSPS) is 27.8. The molecule has 1 aromatic carbocycles. The number of anilines is 2. The Balaban J connectivity index is 1.53. The predicted molar refractivity (Wildman–Crippen MR) is 110 cm³/mol. The van der Waals surface area contributed by atoms with Gasteiger partial charge in [-0.25, -0.2) is 4.79 Å². The summed E-state index contributed by atoms with van der Waals surface area (Å²) in [6.07, 6.45) is -0.698. The molecule has 10 nitrogen and oxygen atoms in total. The van der Waals surface area contributed by atoms with Gasteiger partial charge >= 0.3 is 5.69 Å². The molecule has 1 fully saturated rings. The van der Waals surface area contributed by atoms with E-state index >= 15 is 0 Å². The molecule has 1 aromatic heterocycles. The second kappa shape index (κ2) is 6.50. The Kier molecular flexibility index (Phi) is 4.28. The summed E-state index contributed by atoms with van der Waals surface area (Å²) in [7, 11) is 0. The molecule has 3 aliphatic rings. The van der Waals surface area contributed by atoms with Crippen LogP contribution in [0.4, 0.5) is 11.5 Å². The van der Waals surface area contributed by atoms with Crippen molar-refractivity contribution in [1.29, 1.82) is 0 Å². The fraction of sp³-hybridized carbons (Fsp3) is 0.524. The van der Waals surface area contributed by atoms with E-state index in [9.17, 15) is 20.2 Å². The zero-order valence-corrected chi connectivity index (χ0v) is 17.8. The van der Waals surface area contributed by atoms with Crippen LogP contribution in [0, 0.1) is 0 Å². The summed E-state index contributed by atoms with van der Waals surface area (Å²) < 4.78 is 12.9. The van der Waals surface area contributed by atoms with Gasteiger partial charge in [0.2, 0.25) is 0 Å². The van der Waals surface area contributed by atoms with Crippen molar-refractivity contribution in [2.75, 3.05) is 11.9 Å². The highest BCUT2D eigenvalue weighted by Gasteiger charge is 2.49. The van der Waals surface area contributed by atoms with Gasteiger partial charge in [0.15, 0.2) is 17.3 Å². The van der Waals surface area contributed by atoms with E-state index in [4.69, 9.17) is 9.47 Å². The van der Waals surface area contributed by atoms with Crippen molar-refractivity contribution in [3.8, 4) is 11.5 Å². The molecule has 1 saturated heterocycles. The second-order valence-electron chi connectivity index (χ2n) is 9.31. The van der Waals surface area contributed by atoms with Gasteiger partial charge in [0.05, 0.1) is 35.7 Å². The summed E-state index contributed by atoms with van der Waals surface area (Å²) >= 11 is 0. The van der Waals surface area contributed by atoms with E-state index in [0.29, 0.717) is 17.2 Å². The minimum Gasteiger partial charge on any atom is -0.450 e. The Hall–Kier alpha value is -2.50. The SMILES string of the molecule is CC1(C)c2cc3c(cc2C(C)(C)N1O)Oc1cn([C@H]2C[C@H](O)[C@@H](CO)O2)c(=O)nc1N3. The first kappa shape index (κ1) is 20.4. The predicted octanol–water partition coefficient (Wildman–Crippen LogP) is 1.91. The summed E-state index contributed by atoms with van der Waals surface area (Å²) in [6.45, 7) is 7.43. The monoisotopic (exact) mass is 430 g/mol. The molecule has 4 heterocycles. The number of aliphatic hydroxyl groups excluding tert-OH is 2. The van der Waals surface area contributed by atoms with Crippen LogP contribution in [-0.2, 0) is 15.8 Å². The summed E-state index contributed by atoms with van der Waals surface area (Å²) in [5, 5.41) is 34.5. The highest BCUT2D eigenvalue weighted by atomic mass is 16.5. The number of nitrogens with zero attached hydrogens (tertiary/aromatic N) is 3. The van der Waals surface area contributed by atoms with E-state index in [-0.39, 0.29) is 18.8 Å². The van der Waals surface area contributed by atoms with E-state index in [1.807, 2.05) is 39.8 Å². The van der Waals surface area contributed by atoms with Crippen LogP contribution < -0.4 is 15.7 Å². The molecule has 166 valence electrons. The first-order valence-electron chi connectivity index (χ1n) is 10.2. The van der Waals surface area contributed by atoms with E-state index in [0.717, 1.165) is 11.1 Å². The maximum Gasteiger partial charge on any atom is 0.351 e. The van der Waals surface area contributed by atoms with Crippen LogP contribution in [0.2, 0.25) is 0 Å². The molecule has 4 N–H and O–H groups in total. The molecular weight excluding hydrogens is 404 g/mol. The van der Waals surface area contributed by atoms with Crippen LogP contribution in [0.15, 0.2) is 23.1 Å². The molecule has 0 bridgehead atoms. The third kappa shape index (κ3) is 2.83. The lowest BCUT2D eigenvalue weighted by atomic mass is 9.89. The molecule has 0 saturated carbocycles. The smallest absolute Gasteiger partial charge is 0.351 e. The lowest BCUT2D eigenvalue weighted by molar-refractivity contribution is -0.216. The van der Waals surface area contributed by atoms with Crippen molar-refractivity contribution < 1.29 is 24.9 Å². The average Bonchev–Trinajstić information content (AvgIpc) is 3.15. The van der Waals surface area contributed by atoms with Gasteiger partial charge in [0.25, 0.3) is 0 Å². The van der Waals surface area contributed by atoms with Gasteiger partial charge in [-0.1, -0.05) is 0 Å². The molecular formula is C21H26N4O6. The molecule has 5 rings (SSSR count). The zero-order chi connectivity index (χ0) is 22.3. The Morgan fingerprint density at radius 1 is 1.19 bits per heavy atom. The van der Waals surface area contributed by atoms with Crippen LogP contribution in [-0.4, -0.2) is 48.8 Å². The van der Waals surface area contributed by atoms with Crippen LogP contribution >= 0.6 is 0 Å². The molecule has 0 unspecified atom stereocenters. The fourth-order valence-electron chi connectivity index (χ4n) is 4.82. The molecule has 0 amide bonds. The van der Waals surface area contributed by atoms with Gasteiger partial charge in [0.1, 0.15) is 12.3 Å². The highest BCUT2D eigenvalue weighted by molar-refractivity contribution is 5.75. The number of hydrogen-bond donors (Lipinski definition) is 4. The summed E-state index contributed by atoms with van der Waals surface area (Å²) in [4.78, 5) is 16.7. The Bertz CT molecular complexity index is 1130. The molecule has 3 atom stereocenters. The Labute approximate surface area is 178 Å². The van der Waals surface area contributed by atoms with Gasteiger partial charge in [-0.2, -0.15) is 10.0 Å². The molecule has 0 radical (unpaired) electrons. The first-order chi connectivity index (χ1) is 14.5. The van der Waals surface area contributed by atoms with Gasteiger partial charge in [0, 0.05) is 6.42 Å². The third-order valence-corrected chi connectivity index (χ3v) is 6.58. The van der Waals surface area contributed by atoms with Gasteiger partial charge in [-0.15, -0.1) is 0 Å². The number of aliphatic hydroxyl groups is 2. The molecule has 10 heteroatoms. The topological polar surface area (TPSA) is 129 Å². The third-order valence-electron chi connectivity index (χ3n) is 6.58. The maximum atomic E-state index is 12.6. The number of aromatic nitrogens is 2. The molecule has 0 aliphatic carbocycles. The standard InChI is InChI=1S/C21H26N4O6/c1-20(2)10-5-12-14(6-11(10)21(3,4)25(20)29)30-15-8-24(19(28)23-18(15)22-12)17-7-13(27)16(9-26)31-17/h5-6,8,13,16-17,26-27,29H,7,9H2,1-4H3,(H,22,23,28)/t13-,16+,17+/m0/s1. The zero-order valence-electron chi connectivity index (χ0n) is 17.8. The van der Waals surface area contributed by atoms with Gasteiger partial charge < -0.3 is 30.2 Å². The number of benzene rings is 1. The van der Waals surface area contributed by atoms with E-state index in [1.165, 1.54) is 15.8 Å². The number of ether oxygens (including phenoxy) is 2. The summed E-state index contributed by atoms with van der Waals surface area (Å²) in [5.41, 5.74) is 0.785. The average molecular weight is 430 g/mol. The minimum atomic E-state index is -0.868. The van der Waals surface area contributed by atoms with E-state index in [1.54, 1.807) is 0 Å². The second-order valence-corrected chi connectivity index (χ2v) is 9.31. The van der Waals surface area contributed by atoms with Crippen LogP contribution in [0.5, 0.6) is 11.5 Å². The van der Waals surface area contributed by atoms with Crippen molar-refractivity contribution in [3.63, 3.8) is 0 Å². The van der Waals surface area contributed by atoms with Gasteiger partial charge in [-0.3, -0.25) is 4.57 Å². The number of fused-ring (bicyclic) bond motifs is 3. The summed E-state index contributed by atoms with van der Waals surface area (Å²) in [6, 6.07) is 3.81. The van der Waals surface area contributed by atoms with Crippen molar-refractivity contribution in [2.45, 2.75) is 63.6 Å². The minimum absolute atomic E-state index is 0.165. The molecule has 0 spiro atoms.